The Hall–Kier alpha value is -3.12. The van der Waals surface area contributed by atoms with Gasteiger partial charge >= 0.3 is 0 Å². The second-order valence-electron chi connectivity index (χ2n) is 8.80. The Balaban J connectivity index is 0.000000202. The van der Waals surface area contributed by atoms with Crippen LogP contribution < -0.4 is 5.73 Å². The number of carbonyl (C=O) groups excluding carboxylic acids is 1. The summed E-state index contributed by atoms with van der Waals surface area (Å²) in [5.74, 6) is 1.06. The van der Waals surface area contributed by atoms with Crippen LogP contribution in [0.3, 0.4) is 0 Å². The van der Waals surface area contributed by atoms with Crippen molar-refractivity contribution in [3.8, 4) is 11.1 Å². The molecule has 0 spiro atoms. The van der Waals surface area contributed by atoms with Crippen LogP contribution in [0.25, 0.3) is 11.1 Å². The molecule has 0 radical (unpaired) electrons. The van der Waals surface area contributed by atoms with Gasteiger partial charge in [0.15, 0.2) is 0 Å². The average molecular weight is 475 g/mol. The summed E-state index contributed by atoms with van der Waals surface area (Å²) in [6.45, 7) is 7.90. The molecule has 1 aliphatic heterocycles. The number of hydrogen-bond acceptors (Lipinski definition) is 5. The van der Waals surface area contributed by atoms with Gasteiger partial charge < -0.3 is 16.0 Å². The molecular weight excluding hydrogens is 440 g/mol. The molecule has 34 heavy (non-hydrogen) atoms. The summed E-state index contributed by atoms with van der Waals surface area (Å²) >= 11 is 1.84. The number of hydrogen-bond donors (Lipinski definition) is 2. The van der Waals surface area contributed by atoms with Gasteiger partial charge in [-0.25, -0.2) is 4.98 Å². The van der Waals surface area contributed by atoms with Crippen molar-refractivity contribution in [3.05, 3.63) is 78.0 Å². The Morgan fingerprint density at radius 2 is 1.74 bits per heavy atom. The zero-order valence-corrected chi connectivity index (χ0v) is 21.0. The highest BCUT2D eigenvalue weighted by Crippen LogP contribution is 2.28. The second kappa shape index (κ2) is 12.4. The van der Waals surface area contributed by atoms with E-state index in [1.807, 2.05) is 28.8 Å². The largest absolute Gasteiger partial charge is 0.383 e. The predicted octanol–water partition coefficient (Wildman–Crippen LogP) is 6.24. The molecule has 3 N–H and O–H groups in total. The Morgan fingerprint density at radius 1 is 1.09 bits per heavy atom. The number of amides is 1. The van der Waals surface area contributed by atoms with Crippen LogP contribution in [0.1, 0.15) is 50.7 Å². The first-order valence-corrected chi connectivity index (χ1v) is 12.6. The van der Waals surface area contributed by atoms with Gasteiger partial charge in [0.05, 0.1) is 0 Å². The molecule has 1 aliphatic rings. The van der Waals surface area contributed by atoms with E-state index in [9.17, 15) is 4.79 Å². The zero-order valence-electron chi connectivity index (χ0n) is 20.2. The topological polar surface area (TPSA) is 83.1 Å². The molecule has 0 saturated carbocycles. The number of anilines is 1. The van der Waals surface area contributed by atoms with Crippen molar-refractivity contribution in [2.75, 3.05) is 18.8 Å². The number of nitrogens with two attached hydrogens (primary N) is 1. The molecule has 1 saturated heterocycles. The van der Waals surface area contributed by atoms with Gasteiger partial charge in [-0.2, -0.15) is 0 Å². The van der Waals surface area contributed by atoms with Crippen molar-refractivity contribution < 1.29 is 4.79 Å². The van der Waals surface area contributed by atoms with E-state index in [1.165, 1.54) is 10.5 Å². The van der Waals surface area contributed by atoms with Crippen molar-refractivity contribution in [1.29, 1.82) is 5.41 Å². The highest BCUT2D eigenvalue weighted by atomic mass is 32.2. The monoisotopic (exact) mass is 474 g/mol. The van der Waals surface area contributed by atoms with E-state index < -0.39 is 0 Å². The van der Waals surface area contributed by atoms with E-state index in [2.05, 4.69) is 67.4 Å². The lowest BCUT2D eigenvalue weighted by atomic mass is 9.90. The summed E-state index contributed by atoms with van der Waals surface area (Å²) in [5.41, 5.74) is 10.4. The van der Waals surface area contributed by atoms with Gasteiger partial charge in [0.1, 0.15) is 5.82 Å². The number of benzene rings is 2. The van der Waals surface area contributed by atoms with Crippen LogP contribution in [-0.4, -0.2) is 40.3 Å². The number of likely N-dealkylation sites (tertiary alicyclic amines) is 1. The summed E-state index contributed by atoms with van der Waals surface area (Å²) in [6, 6.07) is 20.9. The molecule has 2 aromatic carbocycles. The van der Waals surface area contributed by atoms with Gasteiger partial charge in [-0.1, -0.05) is 56.3 Å². The third-order valence-corrected chi connectivity index (χ3v) is 6.85. The van der Waals surface area contributed by atoms with E-state index in [0.717, 1.165) is 43.5 Å². The Bertz CT molecular complexity index is 1080. The number of aromatic nitrogens is 1. The maximum Gasteiger partial charge on any atom is 0.209 e. The Morgan fingerprint density at radius 3 is 2.29 bits per heavy atom. The standard InChI is InChI=1S/C16H19N3S.C12H15NO/c1-10(2)20-14-6-4-12(5-7-14)13-8-15(11(3)17)16(18)19-9-13;14-10-13-8-6-12(7-9-13)11-4-2-1-3-5-11/h4-10,17H,1-3H3,(H2,18,19);1-5,10,12H,6-9H2. The van der Waals surface area contributed by atoms with Gasteiger partial charge in [0.2, 0.25) is 6.41 Å². The van der Waals surface area contributed by atoms with Gasteiger partial charge in [-0.3, -0.25) is 4.79 Å². The van der Waals surface area contributed by atoms with Crippen LogP contribution in [0.2, 0.25) is 0 Å². The average Bonchev–Trinajstić information content (AvgIpc) is 2.85. The van der Waals surface area contributed by atoms with Gasteiger partial charge in [-0.15, -0.1) is 11.8 Å². The fraction of sp³-hybridized carbons (Fsp3) is 0.321. The lowest BCUT2D eigenvalue weighted by Crippen LogP contribution is -2.31. The molecule has 3 aromatic rings. The zero-order chi connectivity index (χ0) is 24.5. The second-order valence-corrected chi connectivity index (χ2v) is 10.4. The molecule has 6 heteroatoms. The number of nitrogens with zero attached hydrogens (tertiary/aromatic N) is 2. The maximum absolute atomic E-state index is 10.5. The molecular formula is C28H34N4OS. The fourth-order valence-corrected chi connectivity index (χ4v) is 4.83. The minimum Gasteiger partial charge on any atom is -0.383 e. The van der Waals surface area contributed by atoms with Crippen LogP contribution in [-0.2, 0) is 4.79 Å². The van der Waals surface area contributed by atoms with E-state index >= 15 is 0 Å². The van der Waals surface area contributed by atoms with Crippen molar-refractivity contribution in [3.63, 3.8) is 0 Å². The van der Waals surface area contributed by atoms with E-state index in [-0.39, 0.29) is 0 Å². The van der Waals surface area contributed by atoms with Crippen molar-refractivity contribution in [2.24, 2.45) is 0 Å². The van der Waals surface area contributed by atoms with Gasteiger partial charge in [0, 0.05) is 46.3 Å². The third kappa shape index (κ3) is 7.19. The van der Waals surface area contributed by atoms with Gasteiger partial charge in [0.25, 0.3) is 0 Å². The quantitative estimate of drug-likeness (QED) is 0.252. The molecule has 4 rings (SSSR count). The third-order valence-electron chi connectivity index (χ3n) is 5.83. The minimum atomic E-state index is 0.410. The van der Waals surface area contributed by atoms with Crippen LogP contribution in [0.5, 0.6) is 0 Å². The number of carbonyl (C=O) groups is 1. The molecule has 0 unspecified atom stereocenters. The highest BCUT2D eigenvalue weighted by Gasteiger charge is 2.18. The number of piperidine rings is 1. The van der Waals surface area contributed by atoms with Crippen molar-refractivity contribution in [1.82, 2.24) is 9.88 Å². The van der Waals surface area contributed by atoms with Crippen LogP contribution >= 0.6 is 11.8 Å². The Labute approximate surface area is 207 Å². The first-order valence-electron chi connectivity index (χ1n) is 11.7. The summed E-state index contributed by atoms with van der Waals surface area (Å²) in [7, 11) is 0. The van der Waals surface area contributed by atoms with Crippen molar-refractivity contribution in [2.45, 2.75) is 49.7 Å². The normalized spacial score (nSPS) is 13.8. The van der Waals surface area contributed by atoms with E-state index in [4.69, 9.17) is 11.1 Å². The van der Waals surface area contributed by atoms with Gasteiger partial charge in [-0.05, 0) is 55.0 Å². The summed E-state index contributed by atoms with van der Waals surface area (Å²) in [5, 5.41) is 8.30. The molecule has 0 aliphatic carbocycles. The molecule has 178 valence electrons. The summed E-state index contributed by atoms with van der Waals surface area (Å²) < 4.78 is 0. The SMILES string of the molecule is CC(=N)c1cc(-c2ccc(SC(C)C)cc2)cnc1N.O=CN1CCC(c2ccccc2)CC1. The lowest BCUT2D eigenvalue weighted by molar-refractivity contribution is -0.119. The van der Waals surface area contributed by atoms with Crippen LogP contribution in [0.4, 0.5) is 5.82 Å². The first-order chi connectivity index (χ1) is 16.4. The highest BCUT2D eigenvalue weighted by molar-refractivity contribution is 7.99. The Kier molecular flexibility index (Phi) is 9.28. The maximum atomic E-state index is 10.5. The molecule has 1 aromatic heterocycles. The smallest absolute Gasteiger partial charge is 0.209 e. The van der Waals surface area contributed by atoms with E-state index in [1.54, 1.807) is 13.1 Å². The number of rotatable bonds is 6. The number of nitrogens with one attached hydrogen (secondary N) is 1. The first kappa shape index (κ1) is 25.5. The number of pyridine rings is 1. The molecule has 1 amide bonds. The predicted molar refractivity (Wildman–Crippen MR) is 144 cm³/mol. The van der Waals surface area contributed by atoms with E-state index in [0.29, 0.717) is 28.3 Å². The number of thioether (sulfide) groups is 1. The lowest BCUT2D eigenvalue weighted by Gasteiger charge is -2.29. The van der Waals surface area contributed by atoms with Crippen molar-refractivity contribution >= 4 is 29.7 Å². The minimum absolute atomic E-state index is 0.410. The summed E-state index contributed by atoms with van der Waals surface area (Å²) in [6.07, 6.45) is 4.92. The number of nitrogen functional groups attached to an aromatic ring is 1. The molecule has 0 atom stereocenters. The molecule has 2 heterocycles. The molecule has 1 fully saturated rings. The van der Waals surface area contributed by atoms with Crippen LogP contribution in [0.15, 0.2) is 71.8 Å². The molecule has 0 bridgehead atoms. The van der Waals surface area contributed by atoms with Crippen LogP contribution in [0, 0.1) is 5.41 Å². The summed E-state index contributed by atoms with van der Waals surface area (Å²) in [4.78, 5) is 17.8. The fourth-order valence-electron chi connectivity index (χ4n) is 4.00. The molecule has 5 nitrogen and oxygen atoms in total.